The van der Waals surface area contributed by atoms with E-state index in [1.807, 2.05) is 24.3 Å². The monoisotopic (exact) mass is 281 g/mol. The fourth-order valence-corrected chi connectivity index (χ4v) is 1.71. The molecule has 0 spiro atoms. The predicted molar refractivity (Wildman–Crippen MR) is 78.2 cm³/mol. The number of aromatic nitrogens is 2. The summed E-state index contributed by atoms with van der Waals surface area (Å²) in [6.07, 6.45) is 3.33. The van der Waals surface area contributed by atoms with E-state index in [0.29, 0.717) is 18.5 Å². The van der Waals surface area contributed by atoms with E-state index in [1.165, 1.54) is 12.4 Å². The number of carbonyl (C=O) groups is 1. The lowest BCUT2D eigenvalue weighted by molar-refractivity contribution is 0.0950. The molecular weight excluding hydrogens is 266 g/mol. The van der Waals surface area contributed by atoms with Crippen molar-refractivity contribution in [2.24, 2.45) is 0 Å². The normalized spacial score (nSPS) is 9.57. The topological polar surface area (TPSA) is 75.1 Å². The standard InChI is InChI=1S/C16H15N3O2/c20-10-4-3-6-13-5-1-2-7-14(13)11-17-16(21)15-8-9-18-19-12-15/h1-2,5,7-9,12,20H,4,10-11H2,(H,17,21). The third-order valence-electron chi connectivity index (χ3n) is 2.76. The minimum absolute atomic E-state index is 0.0426. The fraction of sp³-hybridized carbons (Fsp3) is 0.188. The molecule has 1 aromatic heterocycles. The number of nitrogens with zero attached hydrogens (tertiary/aromatic N) is 2. The molecule has 0 aliphatic rings. The first kappa shape index (κ1) is 14.7. The third-order valence-corrected chi connectivity index (χ3v) is 2.76. The van der Waals surface area contributed by atoms with Crippen molar-refractivity contribution < 1.29 is 9.90 Å². The van der Waals surface area contributed by atoms with Gasteiger partial charge in [0.2, 0.25) is 0 Å². The van der Waals surface area contributed by atoms with Crippen molar-refractivity contribution in [1.82, 2.24) is 15.5 Å². The van der Waals surface area contributed by atoms with Gasteiger partial charge in [-0.1, -0.05) is 30.0 Å². The van der Waals surface area contributed by atoms with Gasteiger partial charge in [-0.2, -0.15) is 10.2 Å². The van der Waals surface area contributed by atoms with Crippen molar-refractivity contribution in [3.05, 3.63) is 59.4 Å². The molecule has 106 valence electrons. The van der Waals surface area contributed by atoms with E-state index in [4.69, 9.17) is 5.11 Å². The van der Waals surface area contributed by atoms with Gasteiger partial charge in [0.15, 0.2) is 0 Å². The van der Waals surface area contributed by atoms with Gasteiger partial charge in [0.05, 0.1) is 24.6 Å². The van der Waals surface area contributed by atoms with Crippen molar-refractivity contribution in [3.63, 3.8) is 0 Å². The minimum atomic E-state index is -0.206. The van der Waals surface area contributed by atoms with Crippen LogP contribution < -0.4 is 5.32 Å². The molecule has 2 N–H and O–H groups in total. The van der Waals surface area contributed by atoms with E-state index in [1.54, 1.807) is 6.07 Å². The van der Waals surface area contributed by atoms with Gasteiger partial charge in [-0.05, 0) is 17.7 Å². The number of rotatable bonds is 4. The van der Waals surface area contributed by atoms with Crippen molar-refractivity contribution in [1.29, 1.82) is 0 Å². The lowest BCUT2D eigenvalue weighted by atomic mass is 10.1. The average molecular weight is 281 g/mol. The number of amides is 1. The van der Waals surface area contributed by atoms with Crippen LogP contribution >= 0.6 is 0 Å². The number of aliphatic hydroxyl groups excluding tert-OH is 1. The first-order chi connectivity index (χ1) is 10.3. The molecule has 5 heteroatoms. The highest BCUT2D eigenvalue weighted by atomic mass is 16.2. The first-order valence-corrected chi connectivity index (χ1v) is 6.54. The Kier molecular flexibility index (Phi) is 5.44. The number of carbonyl (C=O) groups excluding carboxylic acids is 1. The largest absolute Gasteiger partial charge is 0.395 e. The van der Waals surface area contributed by atoms with Crippen LogP contribution in [0.2, 0.25) is 0 Å². The molecule has 2 aromatic rings. The molecule has 0 fully saturated rings. The van der Waals surface area contributed by atoms with Gasteiger partial charge < -0.3 is 10.4 Å². The number of aliphatic hydroxyl groups is 1. The summed E-state index contributed by atoms with van der Waals surface area (Å²) >= 11 is 0. The number of hydrogen-bond acceptors (Lipinski definition) is 4. The summed E-state index contributed by atoms with van der Waals surface area (Å²) in [7, 11) is 0. The van der Waals surface area contributed by atoms with Crippen LogP contribution in [0, 0.1) is 11.8 Å². The molecule has 0 aliphatic heterocycles. The predicted octanol–water partition coefficient (Wildman–Crippen LogP) is 1.14. The maximum Gasteiger partial charge on any atom is 0.253 e. The SMILES string of the molecule is O=C(NCc1ccccc1C#CCCO)c1ccnnc1. The summed E-state index contributed by atoms with van der Waals surface area (Å²) < 4.78 is 0. The van der Waals surface area contributed by atoms with E-state index in [0.717, 1.165) is 11.1 Å². The molecule has 21 heavy (non-hydrogen) atoms. The van der Waals surface area contributed by atoms with E-state index in [-0.39, 0.29) is 12.5 Å². The summed E-state index contributed by atoms with van der Waals surface area (Å²) in [5.74, 6) is 5.67. The maximum atomic E-state index is 11.9. The highest BCUT2D eigenvalue weighted by Gasteiger charge is 2.06. The van der Waals surface area contributed by atoms with Crippen LogP contribution in [0.5, 0.6) is 0 Å². The van der Waals surface area contributed by atoms with E-state index >= 15 is 0 Å². The molecule has 0 bridgehead atoms. The summed E-state index contributed by atoms with van der Waals surface area (Å²) in [6.45, 7) is 0.423. The van der Waals surface area contributed by atoms with Crippen molar-refractivity contribution >= 4 is 5.91 Å². The lowest BCUT2D eigenvalue weighted by Crippen LogP contribution is -2.23. The van der Waals surface area contributed by atoms with Crippen LogP contribution in [0.15, 0.2) is 42.7 Å². The van der Waals surface area contributed by atoms with Crippen molar-refractivity contribution in [2.75, 3.05) is 6.61 Å². The molecule has 0 saturated carbocycles. The van der Waals surface area contributed by atoms with Gasteiger partial charge in [0.25, 0.3) is 5.91 Å². The maximum absolute atomic E-state index is 11.9. The molecule has 1 amide bonds. The Hall–Kier alpha value is -2.71. The fourth-order valence-electron chi connectivity index (χ4n) is 1.71. The zero-order valence-corrected chi connectivity index (χ0v) is 11.4. The van der Waals surface area contributed by atoms with Crippen LogP contribution in [0.3, 0.4) is 0 Å². The molecule has 5 nitrogen and oxygen atoms in total. The van der Waals surface area contributed by atoms with Gasteiger partial charge >= 0.3 is 0 Å². The average Bonchev–Trinajstić information content (AvgIpc) is 2.54. The van der Waals surface area contributed by atoms with Gasteiger partial charge in [-0.15, -0.1) is 0 Å². The van der Waals surface area contributed by atoms with Crippen LogP contribution in [-0.4, -0.2) is 27.8 Å². The molecule has 0 saturated heterocycles. The second kappa shape index (κ2) is 7.78. The smallest absolute Gasteiger partial charge is 0.253 e. The van der Waals surface area contributed by atoms with Gasteiger partial charge in [0, 0.05) is 18.5 Å². The Morgan fingerprint density at radius 1 is 1.24 bits per heavy atom. The number of benzene rings is 1. The first-order valence-electron chi connectivity index (χ1n) is 6.54. The summed E-state index contributed by atoms with van der Waals surface area (Å²) in [5.41, 5.74) is 2.24. The van der Waals surface area contributed by atoms with Crippen LogP contribution in [0.1, 0.15) is 27.9 Å². The highest BCUT2D eigenvalue weighted by molar-refractivity contribution is 5.93. The van der Waals surface area contributed by atoms with Gasteiger partial charge in [-0.25, -0.2) is 0 Å². The Morgan fingerprint density at radius 3 is 2.86 bits per heavy atom. The zero-order chi connectivity index (χ0) is 14.9. The van der Waals surface area contributed by atoms with E-state index in [2.05, 4.69) is 27.4 Å². The van der Waals surface area contributed by atoms with E-state index < -0.39 is 0 Å². The molecule has 0 unspecified atom stereocenters. The second-order valence-electron chi connectivity index (χ2n) is 4.25. The molecule has 1 heterocycles. The summed E-state index contributed by atoms with van der Waals surface area (Å²) in [4.78, 5) is 11.9. The van der Waals surface area contributed by atoms with Crippen LogP contribution in [0.25, 0.3) is 0 Å². The third kappa shape index (κ3) is 4.41. The molecule has 0 atom stereocenters. The number of nitrogens with one attached hydrogen (secondary N) is 1. The Balaban J connectivity index is 2.04. The zero-order valence-electron chi connectivity index (χ0n) is 11.4. The van der Waals surface area contributed by atoms with E-state index in [9.17, 15) is 4.79 Å². The van der Waals surface area contributed by atoms with Crippen LogP contribution in [0.4, 0.5) is 0 Å². The Labute approximate surface area is 123 Å². The quantitative estimate of drug-likeness (QED) is 0.824. The number of hydrogen-bond donors (Lipinski definition) is 2. The molecule has 0 aliphatic carbocycles. The molecular formula is C16H15N3O2. The summed E-state index contributed by atoms with van der Waals surface area (Å²) in [5, 5.41) is 18.9. The highest BCUT2D eigenvalue weighted by Crippen LogP contribution is 2.07. The van der Waals surface area contributed by atoms with Crippen molar-refractivity contribution in [2.45, 2.75) is 13.0 Å². The second-order valence-corrected chi connectivity index (χ2v) is 4.25. The van der Waals surface area contributed by atoms with Gasteiger partial charge in [0.1, 0.15) is 0 Å². The molecule has 0 radical (unpaired) electrons. The van der Waals surface area contributed by atoms with Crippen LogP contribution in [-0.2, 0) is 6.54 Å². The van der Waals surface area contributed by atoms with Gasteiger partial charge in [-0.3, -0.25) is 4.79 Å². The Morgan fingerprint density at radius 2 is 2.10 bits per heavy atom. The summed E-state index contributed by atoms with van der Waals surface area (Å²) in [6, 6.07) is 9.19. The molecule has 1 aromatic carbocycles. The minimum Gasteiger partial charge on any atom is -0.395 e. The lowest BCUT2D eigenvalue weighted by Gasteiger charge is -2.07. The van der Waals surface area contributed by atoms with Crippen molar-refractivity contribution in [3.8, 4) is 11.8 Å². The Bertz CT molecular complexity index is 660. The molecule has 2 rings (SSSR count).